The van der Waals surface area contributed by atoms with Gasteiger partial charge in [0.1, 0.15) is 0 Å². The summed E-state index contributed by atoms with van der Waals surface area (Å²) in [6.07, 6.45) is 0. The van der Waals surface area contributed by atoms with E-state index in [0.29, 0.717) is 6.61 Å². The van der Waals surface area contributed by atoms with Crippen LogP contribution in [0.1, 0.15) is 12.5 Å². The van der Waals surface area contributed by atoms with E-state index in [-0.39, 0.29) is 0 Å². The standard InChI is InChI=1S/C16H28N2O3/c1-5-21-16-12-14(6-7-15(16)20-4)13-17-8-9-18(2)10-11-19-3/h6-7,12,17H,5,8-11,13H2,1-4H3. The molecule has 0 heterocycles. The number of hydrogen-bond acceptors (Lipinski definition) is 5. The van der Waals surface area contributed by atoms with Gasteiger partial charge in [0.2, 0.25) is 0 Å². The number of likely N-dealkylation sites (N-methyl/N-ethyl adjacent to an activating group) is 1. The molecule has 0 unspecified atom stereocenters. The largest absolute Gasteiger partial charge is 0.493 e. The van der Waals surface area contributed by atoms with Gasteiger partial charge >= 0.3 is 0 Å². The summed E-state index contributed by atoms with van der Waals surface area (Å²) < 4.78 is 15.9. The fourth-order valence-electron chi connectivity index (χ4n) is 1.96. The van der Waals surface area contributed by atoms with Crippen LogP contribution in [0.25, 0.3) is 0 Å². The van der Waals surface area contributed by atoms with Gasteiger partial charge in [-0.15, -0.1) is 0 Å². The summed E-state index contributed by atoms with van der Waals surface area (Å²) in [5.74, 6) is 1.58. The van der Waals surface area contributed by atoms with Crippen LogP contribution in [0.5, 0.6) is 11.5 Å². The normalized spacial score (nSPS) is 10.9. The lowest BCUT2D eigenvalue weighted by Crippen LogP contribution is -2.31. The quantitative estimate of drug-likeness (QED) is 0.630. The summed E-state index contributed by atoms with van der Waals surface area (Å²) in [4.78, 5) is 2.25. The van der Waals surface area contributed by atoms with Crippen molar-refractivity contribution in [2.45, 2.75) is 13.5 Å². The number of rotatable bonds is 11. The molecule has 1 rings (SSSR count). The molecule has 0 bridgehead atoms. The molecule has 0 aliphatic rings. The third-order valence-electron chi connectivity index (χ3n) is 3.20. The Morgan fingerprint density at radius 3 is 2.62 bits per heavy atom. The van der Waals surface area contributed by atoms with Crippen LogP contribution < -0.4 is 14.8 Å². The number of methoxy groups -OCH3 is 2. The molecule has 1 N–H and O–H groups in total. The maximum Gasteiger partial charge on any atom is 0.161 e. The Bertz CT molecular complexity index is 399. The summed E-state index contributed by atoms with van der Waals surface area (Å²) in [6, 6.07) is 6.04. The molecule has 0 fully saturated rings. The molecule has 21 heavy (non-hydrogen) atoms. The van der Waals surface area contributed by atoms with E-state index in [0.717, 1.165) is 44.3 Å². The summed E-state index contributed by atoms with van der Waals surface area (Å²) in [5, 5.41) is 3.44. The monoisotopic (exact) mass is 296 g/mol. The van der Waals surface area contributed by atoms with Crippen molar-refractivity contribution in [3.05, 3.63) is 23.8 Å². The van der Waals surface area contributed by atoms with Gasteiger partial charge in [-0.2, -0.15) is 0 Å². The molecule has 0 saturated heterocycles. The van der Waals surface area contributed by atoms with E-state index < -0.39 is 0 Å². The molecule has 0 aliphatic heterocycles. The van der Waals surface area contributed by atoms with Crippen molar-refractivity contribution in [3.63, 3.8) is 0 Å². The minimum Gasteiger partial charge on any atom is -0.493 e. The summed E-state index contributed by atoms with van der Waals surface area (Å²) in [6.45, 7) is 7.09. The van der Waals surface area contributed by atoms with Crippen molar-refractivity contribution in [1.82, 2.24) is 10.2 Å². The fourth-order valence-corrected chi connectivity index (χ4v) is 1.96. The minimum absolute atomic E-state index is 0.636. The zero-order valence-corrected chi connectivity index (χ0v) is 13.6. The Kier molecular flexibility index (Phi) is 8.82. The second-order valence-electron chi connectivity index (χ2n) is 4.89. The molecule has 120 valence electrons. The fraction of sp³-hybridized carbons (Fsp3) is 0.625. The highest BCUT2D eigenvalue weighted by Crippen LogP contribution is 2.27. The lowest BCUT2D eigenvalue weighted by molar-refractivity contribution is 0.161. The van der Waals surface area contributed by atoms with Crippen molar-refractivity contribution in [2.24, 2.45) is 0 Å². The Labute approximate surface area is 128 Å². The maximum absolute atomic E-state index is 5.58. The molecule has 0 atom stereocenters. The molecular formula is C16H28N2O3. The van der Waals surface area contributed by atoms with Crippen LogP contribution in [0.15, 0.2) is 18.2 Å². The van der Waals surface area contributed by atoms with E-state index in [9.17, 15) is 0 Å². The van der Waals surface area contributed by atoms with Gasteiger partial charge in [0.25, 0.3) is 0 Å². The van der Waals surface area contributed by atoms with Gasteiger partial charge in [0, 0.05) is 33.3 Å². The molecule has 0 amide bonds. The molecule has 5 heteroatoms. The van der Waals surface area contributed by atoms with Crippen molar-refractivity contribution in [3.8, 4) is 11.5 Å². The molecular weight excluding hydrogens is 268 g/mol. The van der Waals surface area contributed by atoms with Crippen LogP contribution >= 0.6 is 0 Å². The summed E-state index contributed by atoms with van der Waals surface area (Å²) in [7, 11) is 5.48. The van der Waals surface area contributed by atoms with Crippen LogP contribution in [0.4, 0.5) is 0 Å². The second kappa shape index (κ2) is 10.4. The van der Waals surface area contributed by atoms with Crippen molar-refractivity contribution >= 4 is 0 Å². The average molecular weight is 296 g/mol. The van der Waals surface area contributed by atoms with E-state index in [1.54, 1.807) is 14.2 Å². The zero-order chi connectivity index (χ0) is 15.5. The molecule has 1 aromatic carbocycles. The molecule has 1 aromatic rings. The van der Waals surface area contributed by atoms with Gasteiger partial charge in [0.05, 0.1) is 20.3 Å². The van der Waals surface area contributed by atoms with E-state index in [1.807, 2.05) is 19.1 Å². The highest BCUT2D eigenvalue weighted by molar-refractivity contribution is 5.42. The van der Waals surface area contributed by atoms with Crippen LogP contribution in [0.3, 0.4) is 0 Å². The predicted octanol–water partition coefficient (Wildman–Crippen LogP) is 1.76. The summed E-state index contributed by atoms with van der Waals surface area (Å²) in [5.41, 5.74) is 1.19. The van der Waals surface area contributed by atoms with Crippen LogP contribution in [0, 0.1) is 0 Å². The number of ether oxygens (including phenoxy) is 3. The average Bonchev–Trinajstić information content (AvgIpc) is 2.50. The zero-order valence-electron chi connectivity index (χ0n) is 13.6. The topological polar surface area (TPSA) is 43.0 Å². The second-order valence-corrected chi connectivity index (χ2v) is 4.89. The molecule has 5 nitrogen and oxygen atoms in total. The van der Waals surface area contributed by atoms with E-state index in [1.165, 1.54) is 5.56 Å². The first-order valence-electron chi connectivity index (χ1n) is 7.39. The first kappa shape index (κ1) is 17.8. The van der Waals surface area contributed by atoms with Crippen molar-refractivity contribution in [2.75, 3.05) is 54.1 Å². The first-order chi connectivity index (χ1) is 10.2. The minimum atomic E-state index is 0.636. The third kappa shape index (κ3) is 6.80. The smallest absolute Gasteiger partial charge is 0.161 e. The Morgan fingerprint density at radius 2 is 1.95 bits per heavy atom. The Morgan fingerprint density at radius 1 is 1.14 bits per heavy atom. The van der Waals surface area contributed by atoms with E-state index in [2.05, 4.69) is 23.3 Å². The maximum atomic E-state index is 5.58. The number of benzene rings is 1. The summed E-state index contributed by atoms with van der Waals surface area (Å²) >= 11 is 0. The van der Waals surface area contributed by atoms with Gasteiger partial charge < -0.3 is 24.4 Å². The molecule has 0 radical (unpaired) electrons. The van der Waals surface area contributed by atoms with Gasteiger partial charge in [-0.05, 0) is 31.7 Å². The van der Waals surface area contributed by atoms with E-state index in [4.69, 9.17) is 14.2 Å². The van der Waals surface area contributed by atoms with Gasteiger partial charge in [-0.25, -0.2) is 0 Å². The molecule has 0 saturated carbocycles. The lowest BCUT2D eigenvalue weighted by atomic mass is 10.2. The molecule has 0 aromatic heterocycles. The molecule has 0 spiro atoms. The highest BCUT2D eigenvalue weighted by atomic mass is 16.5. The molecule has 0 aliphatic carbocycles. The van der Waals surface area contributed by atoms with Crippen LogP contribution in [-0.4, -0.2) is 59.0 Å². The van der Waals surface area contributed by atoms with Gasteiger partial charge in [0.15, 0.2) is 11.5 Å². The van der Waals surface area contributed by atoms with Crippen molar-refractivity contribution in [1.29, 1.82) is 0 Å². The predicted molar refractivity (Wildman–Crippen MR) is 85.2 cm³/mol. The number of hydrogen-bond donors (Lipinski definition) is 1. The van der Waals surface area contributed by atoms with Gasteiger partial charge in [-0.1, -0.05) is 6.07 Å². The first-order valence-corrected chi connectivity index (χ1v) is 7.39. The van der Waals surface area contributed by atoms with Crippen LogP contribution in [0.2, 0.25) is 0 Å². The van der Waals surface area contributed by atoms with Gasteiger partial charge in [-0.3, -0.25) is 0 Å². The van der Waals surface area contributed by atoms with E-state index >= 15 is 0 Å². The Hall–Kier alpha value is -1.30. The SMILES string of the molecule is CCOc1cc(CNCCN(C)CCOC)ccc1OC. The third-order valence-corrected chi connectivity index (χ3v) is 3.20. The van der Waals surface area contributed by atoms with Crippen molar-refractivity contribution < 1.29 is 14.2 Å². The highest BCUT2D eigenvalue weighted by Gasteiger charge is 2.05. The lowest BCUT2D eigenvalue weighted by Gasteiger charge is -2.16. The van der Waals surface area contributed by atoms with Crippen LogP contribution in [-0.2, 0) is 11.3 Å². The Balaban J connectivity index is 2.36. The number of nitrogens with one attached hydrogen (secondary N) is 1. The number of nitrogens with zero attached hydrogens (tertiary/aromatic N) is 1.